The van der Waals surface area contributed by atoms with Crippen LogP contribution in [0.1, 0.15) is 31.2 Å². The summed E-state index contributed by atoms with van der Waals surface area (Å²) in [5.74, 6) is 0.898. The highest BCUT2D eigenvalue weighted by atomic mass is 15.2. The Balaban J connectivity index is 1.41. The molecule has 2 heteroatoms. The highest BCUT2D eigenvalue weighted by Gasteiger charge is 2.23. The summed E-state index contributed by atoms with van der Waals surface area (Å²) in [6.45, 7) is 5.11. The van der Waals surface area contributed by atoms with Crippen LogP contribution < -0.4 is 5.32 Å². The van der Waals surface area contributed by atoms with Crippen molar-refractivity contribution in [3.63, 3.8) is 0 Å². The molecule has 1 aromatic rings. The molecular weight excluding hydrogens is 232 g/mol. The molecule has 0 aliphatic carbocycles. The van der Waals surface area contributed by atoms with E-state index in [2.05, 4.69) is 40.5 Å². The van der Waals surface area contributed by atoms with Crippen molar-refractivity contribution in [2.75, 3.05) is 26.2 Å². The zero-order chi connectivity index (χ0) is 12.9. The number of piperidine rings is 1. The number of benzene rings is 1. The molecule has 2 aliphatic heterocycles. The van der Waals surface area contributed by atoms with Gasteiger partial charge in [0.2, 0.25) is 0 Å². The highest BCUT2D eigenvalue weighted by Crippen LogP contribution is 2.22. The molecule has 0 saturated carbocycles. The number of rotatable bonds is 4. The van der Waals surface area contributed by atoms with Gasteiger partial charge in [-0.3, -0.25) is 0 Å². The van der Waals surface area contributed by atoms with Crippen molar-refractivity contribution in [2.24, 2.45) is 5.92 Å². The monoisotopic (exact) mass is 258 g/mol. The minimum absolute atomic E-state index is 0.769. The van der Waals surface area contributed by atoms with Crippen molar-refractivity contribution >= 4 is 0 Å². The Morgan fingerprint density at radius 2 is 1.84 bits per heavy atom. The van der Waals surface area contributed by atoms with Crippen LogP contribution in [0, 0.1) is 5.92 Å². The van der Waals surface area contributed by atoms with Gasteiger partial charge in [-0.25, -0.2) is 0 Å². The molecule has 1 atom stereocenters. The molecular formula is C17H26N2. The largest absolute Gasteiger partial charge is 0.313 e. The van der Waals surface area contributed by atoms with Crippen molar-refractivity contribution in [2.45, 2.75) is 38.1 Å². The summed E-state index contributed by atoms with van der Waals surface area (Å²) in [6, 6.07) is 11.8. The fourth-order valence-corrected chi connectivity index (χ4v) is 3.54. The second kappa shape index (κ2) is 6.53. The summed E-state index contributed by atoms with van der Waals surface area (Å²) in [4.78, 5) is 2.67. The van der Waals surface area contributed by atoms with Crippen LogP contribution in [0.2, 0.25) is 0 Å². The second-order valence-corrected chi connectivity index (χ2v) is 6.23. The summed E-state index contributed by atoms with van der Waals surface area (Å²) in [5.41, 5.74) is 1.51. The minimum atomic E-state index is 0.769. The van der Waals surface area contributed by atoms with Crippen LogP contribution >= 0.6 is 0 Å². The number of hydrogen-bond acceptors (Lipinski definition) is 2. The zero-order valence-electron chi connectivity index (χ0n) is 11.9. The molecule has 0 spiro atoms. The van der Waals surface area contributed by atoms with Crippen LogP contribution in [0.5, 0.6) is 0 Å². The summed E-state index contributed by atoms with van der Waals surface area (Å²) in [6.07, 6.45) is 6.78. The maximum absolute atomic E-state index is 3.61. The molecule has 104 valence electrons. The third kappa shape index (κ3) is 3.80. The van der Waals surface area contributed by atoms with Crippen LogP contribution in [-0.4, -0.2) is 37.1 Å². The normalized spacial score (nSPS) is 25.8. The lowest BCUT2D eigenvalue weighted by Crippen LogP contribution is -2.42. The first-order valence-corrected chi connectivity index (χ1v) is 7.90. The van der Waals surface area contributed by atoms with Gasteiger partial charge in [0.1, 0.15) is 0 Å². The van der Waals surface area contributed by atoms with Gasteiger partial charge in [-0.2, -0.15) is 0 Å². The molecule has 3 rings (SSSR count). The standard InChI is InChI=1S/C17H26N2/c1-2-5-15(6-3-1)13-16-8-11-19(12-9-16)14-17-7-4-10-18-17/h1-3,5-6,16-18H,4,7-14H2/t17-/m1/s1. The van der Waals surface area contributed by atoms with E-state index in [-0.39, 0.29) is 0 Å². The molecule has 19 heavy (non-hydrogen) atoms. The third-order valence-electron chi connectivity index (χ3n) is 4.72. The van der Waals surface area contributed by atoms with E-state index >= 15 is 0 Å². The van der Waals surface area contributed by atoms with Gasteiger partial charge in [0.05, 0.1) is 0 Å². The Labute approximate surface area is 117 Å². The summed E-state index contributed by atoms with van der Waals surface area (Å²) in [5, 5.41) is 3.61. The lowest BCUT2D eigenvalue weighted by molar-refractivity contribution is 0.171. The molecule has 1 N–H and O–H groups in total. The van der Waals surface area contributed by atoms with Gasteiger partial charge in [-0.1, -0.05) is 30.3 Å². The Morgan fingerprint density at radius 1 is 1.05 bits per heavy atom. The van der Waals surface area contributed by atoms with Crippen molar-refractivity contribution in [1.82, 2.24) is 10.2 Å². The van der Waals surface area contributed by atoms with Crippen molar-refractivity contribution in [3.05, 3.63) is 35.9 Å². The van der Waals surface area contributed by atoms with Crippen LogP contribution in [-0.2, 0) is 6.42 Å². The molecule has 2 heterocycles. The first-order chi connectivity index (χ1) is 9.40. The van der Waals surface area contributed by atoms with Gasteiger partial charge in [0, 0.05) is 12.6 Å². The summed E-state index contributed by atoms with van der Waals surface area (Å²) >= 11 is 0. The zero-order valence-corrected chi connectivity index (χ0v) is 11.9. The number of nitrogens with zero attached hydrogens (tertiary/aromatic N) is 1. The molecule has 0 bridgehead atoms. The Kier molecular flexibility index (Phi) is 4.52. The molecule has 2 aliphatic rings. The molecule has 2 saturated heterocycles. The average molecular weight is 258 g/mol. The van der Waals surface area contributed by atoms with Gasteiger partial charge >= 0.3 is 0 Å². The first kappa shape index (κ1) is 13.1. The number of likely N-dealkylation sites (tertiary alicyclic amines) is 1. The minimum Gasteiger partial charge on any atom is -0.313 e. The van der Waals surface area contributed by atoms with Gasteiger partial charge in [0.15, 0.2) is 0 Å². The van der Waals surface area contributed by atoms with E-state index in [0.29, 0.717) is 0 Å². The molecule has 2 nitrogen and oxygen atoms in total. The van der Waals surface area contributed by atoms with E-state index in [1.165, 1.54) is 63.8 Å². The van der Waals surface area contributed by atoms with Gasteiger partial charge < -0.3 is 10.2 Å². The van der Waals surface area contributed by atoms with E-state index in [1.54, 1.807) is 0 Å². The maximum atomic E-state index is 3.61. The van der Waals surface area contributed by atoms with Crippen LogP contribution in [0.4, 0.5) is 0 Å². The fraction of sp³-hybridized carbons (Fsp3) is 0.647. The topological polar surface area (TPSA) is 15.3 Å². The molecule has 0 amide bonds. The summed E-state index contributed by atoms with van der Waals surface area (Å²) < 4.78 is 0. The predicted molar refractivity (Wildman–Crippen MR) is 80.3 cm³/mol. The lowest BCUT2D eigenvalue weighted by atomic mass is 9.90. The summed E-state index contributed by atoms with van der Waals surface area (Å²) in [7, 11) is 0. The van der Waals surface area contributed by atoms with Crippen LogP contribution in [0.3, 0.4) is 0 Å². The van der Waals surface area contributed by atoms with E-state index in [1.807, 2.05) is 0 Å². The van der Waals surface area contributed by atoms with E-state index in [9.17, 15) is 0 Å². The van der Waals surface area contributed by atoms with Crippen molar-refractivity contribution < 1.29 is 0 Å². The van der Waals surface area contributed by atoms with Crippen molar-refractivity contribution in [3.8, 4) is 0 Å². The molecule has 2 fully saturated rings. The van der Waals surface area contributed by atoms with Gasteiger partial charge in [-0.05, 0) is 63.2 Å². The quantitative estimate of drug-likeness (QED) is 0.893. The Bertz CT molecular complexity index is 362. The molecule has 0 aromatic heterocycles. The maximum Gasteiger partial charge on any atom is 0.0195 e. The third-order valence-corrected chi connectivity index (χ3v) is 4.72. The predicted octanol–water partition coefficient (Wildman–Crippen LogP) is 2.69. The number of nitrogens with one attached hydrogen (secondary N) is 1. The Morgan fingerprint density at radius 3 is 2.53 bits per heavy atom. The SMILES string of the molecule is c1ccc(CC2CCN(C[C@H]3CCCN3)CC2)cc1. The van der Waals surface area contributed by atoms with Gasteiger partial charge in [0.25, 0.3) is 0 Å². The molecule has 0 unspecified atom stereocenters. The van der Waals surface area contributed by atoms with E-state index in [0.717, 1.165) is 12.0 Å². The number of hydrogen-bond donors (Lipinski definition) is 1. The van der Waals surface area contributed by atoms with E-state index < -0.39 is 0 Å². The highest BCUT2D eigenvalue weighted by molar-refractivity contribution is 5.15. The molecule has 0 radical (unpaired) electrons. The lowest BCUT2D eigenvalue weighted by Gasteiger charge is -2.33. The second-order valence-electron chi connectivity index (χ2n) is 6.23. The van der Waals surface area contributed by atoms with Crippen molar-refractivity contribution in [1.29, 1.82) is 0 Å². The Hall–Kier alpha value is -0.860. The molecule has 1 aromatic carbocycles. The van der Waals surface area contributed by atoms with Crippen LogP contribution in [0.25, 0.3) is 0 Å². The average Bonchev–Trinajstić information content (AvgIpc) is 2.95. The first-order valence-electron chi connectivity index (χ1n) is 7.90. The van der Waals surface area contributed by atoms with E-state index in [4.69, 9.17) is 0 Å². The smallest absolute Gasteiger partial charge is 0.0195 e. The van der Waals surface area contributed by atoms with Crippen LogP contribution in [0.15, 0.2) is 30.3 Å². The van der Waals surface area contributed by atoms with Gasteiger partial charge in [-0.15, -0.1) is 0 Å². The fourth-order valence-electron chi connectivity index (χ4n) is 3.54.